The average molecular weight is 346 g/mol. The Bertz CT molecular complexity index is 632. The number of non-ortho nitro benzene ring substituents is 1. The molecule has 0 unspecified atom stereocenters. The van der Waals surface area contributed by atoms with Crippen molar-refractivity contribution >= 4 is 39.2 Å². The molecule has 98 valence electrons. The van der Waals surface area contributed by atoms with Crippen LogP contribution < -0.4 is 10.5 Å². The van der Waals surface area contributed by atoms with Gasteiger partial charge in [-0.3, -0.25) is 10.1 Å². The minimum Gasteiger partial charge on any atom is -0.437 e. The van der Waals surface area contributed by atoms with Crippen LogP contribution in [0, 0.1) is 10.1 Å². The van der Waals surface area contributed by atoms with Gasteiger partial charge in [0.15, 0.2) is 5.75 Å². The maximum atomic E-state index is 10.7. The molecular formula is C10H6BrClN4O3. The highest BCUT2D eigenvalue weighted by atomic mass is 79.9. The lowest BCUT2D eigenvalue weighted by Gasteiger charge is -2.07. The van der Waals surface area contributed by atoms with Gasteiger partial charge in [-0.25, -0.2) is 4.98 Å². The first-order valence-electron chi connectivity index (χ1n) is 4.87. The lowest BCUT2D eigenvalue weighted by molar-refractivity contribution is -0.384. The van der Waals surface area contributed by atoms with Gasteiger partial charge < -0.3 is 10.5 Å². The lowest BCUT2D eigenvalue weighted by atomic mass is 10.3. The molecule has 0 saturated heterocycles. The molecule has 0 spiro atoms. The Morgan fingerprint density at radius 2 is 2.11 bits per heavy atom. The van der Waals surface area contributed by atoms with E-state index >= 15 is 0 Å². The summed E-state index contributed by atoms with van der Waals surface area (Å²) in [5.74, 6) is 0.270. The molecule has 2 N–H and O–H groups in total. The van der Waals surface area contributed by atoms with Crippen molar-refractivity contribution in [3.8, 4) is 11.6 Å². The number of rotatable bonds is 3. The van der Waals surface area contributed by atoms with Gasteiger partial charge in [-0.1, -0.05) is 11.6 Å². The molecule has 2 rings (SSSR count). The number of nitro benzene ring substituents is 1. The molecule has 0 radical (unpaired) electrons. The predicted octanol–water partition coefficient (Wildman–Crippen LogP) is 3.18. The van der Waals surface area contributed by atoms with E-state index in [-0.39, 0.29) is 28.4 Å². The quantitative estimate of drug-likeness (QED) is 0.520. The van der Waals surface area contributed by atoms with Crippen LogP contribution in [0.1, 0.15) is 0 Å². The van der Waals surface area contributed by atoms with E-state index in [0.29, 0.717) is 4.47 Å². The standard InChI is InChI=1S/C10H6BrClN4O3/c11-6-2-1-5(16(17)18)3-7(6)19-9-4-8(12)14-10(13)15-9/h1-4H,(H2,13,14,15). The van der Waals surface area contributed by atoms with E-state index in [2.05, 4.69) is 25.9 Å². The SMILES string of the molecule is Nc1nc(Cl)cc(Oc2cc([N+](=O)[O-])ccc2Br)n1. The third-order valence-corrected chi connectivity index (χ3v) is 2.88. The summed E-state index contributed by atoms with van der Waals surface area (Å²) in [7, 11) is 0. The summed E-state index contributed by atoms with van der Waals surface area (Å²) in [6.07, 6.45) is 0. The second-order valence-electron chi connectivity index (χ2n) is 3.36. The number of nitrogens with zero attached hydrogens (tertiary/aromatic N) is 3. The Labute approximate surface area is 120 Å². The molecule has 19 heavy (non-hydrogen) atoms. The fourth-order valence-corrected chi connectivity index (χ4v) is 1.77. The minimum atomic E-state index is -0.527. The molecule has 1 aromatic heterocycles. The van der Waals surface area contributed by atoms with Gasteiger partial charge in [-0.05, 0) is 22.0 Å². The van der Waals surface area contributed by atoms with Crippen molar-refractivity contribution in [3.63, 3.8) is 0 Å². The molecule has 0 aliphatic rings. The van der Waals surface area contributed by atoms with Crippen molar-refractivity contribution in [1.82, 2.24) is 9.97 Å². The Balaban J connectivity index is 2.37. The van der Waals surface area contributed by atoms with Crippen LogP contribution in [0.3, 0.4) is 0 Å². The molecule has 9 heteroatoms. The summed E-state index contributed by atoms with van der Waals surface area (Å²) in [4.78, 5) is 17.7. The largest absolute Gasteiger partial charge is 0.437 e. The van der Waals surface area contributed by atoms with E-state index in [1.54, 1.807) is 0 Å². The molecule has 1 aromatic carbocycles. The molecule has 0 aliphatic carbocycles. The van der Waals surface area contributed by atoms with Gasteiger partial charge in [0.25, 0.3) is 5.69 Å². The molecule has 0 atom stereocenters. The maximum absolute atomic E-state index is 10.7. The number of benzene rings is 1. The van der Waals surface area contributed by atoms with Crippen molar-refractivity contribution in [1.29, 1.82) is 0 Å². The van der Waals surface area contributed by atoms with Crippen molar-refractivity contribution in [2.24, 2.45) is 0 Å². The third-order valence-electron chi connectivity index (χ3n) is 2.03. The molecule has 0 fully saturated rings. The van der Waals surface area contributed by atoms with Crippen molar-refractivity contribution < 1.29 is 9.66 Å². The van der Waals surface area contributed by atoms with Crippen molar-refractivity contribution in [3.05, 3.63) is 44.0 Å². The van der Waals surface area contributed by atoms with Crippen molar-refractivity contribution in [2.45, 2.75) is 0 Å². The first-order valence-corrected chi connectivity index (χ1v) is 6.04. The number of hydrogen-bond donors (Lipinski definition) is 1. The first-order chi connectivity index (χ1) is 8.95. The number of nitro groups is 1. The zero-order valence-electron chi connectivity index (χ0n) is 9.21. The Kier molecular flexibility index (Phi) is 3.82. The average Bonchev–Trinajstić information content (AvgIpc) is 2.30. The summed E-state index contributed by atoms with van der Waals surface area (Å²) in [5.41, 5.74) is 5.32. The van der Waals surface area contributed by atoms with Gasteiger partial charge in [-0.15, -0.1) is 0 Å². The highest BCUT2D eigenvalue weighted by Gasteiger charge is 2.12. The molecule has 1 heterocycles. The highest BCUT2D eigenvalue weighted by molar-refractivity contribution is 9.10. The zero-order chi connectivity index (χ0) is 14.0. The van der Waals surface area contributed by atoms with Gasteiger partial charge in [0.05, 0.1) is 15.5 Å². The third kappa shape index (κ3) is 3.30. The minimum absolute atomic E-state index is 0.0518. The fourth-order valence-electron chi connectivity index (χ4n) is 1.26. The molecular weight excluding hydrogens is 339 g/mol. The molecule has 0 bridgehead atoms. The summed E-state index contributed by atoms with van der Waals surface area (Å²) in [6, 6.07) is 5.46. The van der Waals surface area contributed by atoms with Crippen LogP contribution in [0.2, 0.25) is 5.15 Å². The highest BCUT2D eigenvalue weighted by Crippen LogP contribution is 2.32. The van der Waals surface area contributed by atoms with Gasteiger partial charge in [0.1, 0.15) is 5.15 Å². The van der Waals surface area contributed by atoms with Gasteiger partial charge in [0.2, 0.25) is 11.8 Å². The Hall–Kier alpha value is -1.93. The smallest absolute Gasteiger partial charge is 0.273 e. The number of halogens is 2. The summed E-state index contributed by atoms with van der Waals surface area (Å²) in [5, 5.41) is 10.8. The topological polar surface area (TPSA) is 104 Å². The monoisotopic (exact) mass is 344 g/mol. The summed E-state index contributed by atoms with van der Waals surface area (Å²) < 4.78 is 5.93. The number of anilines is 1. The van der Waals surface area contributed by atoms with E-state index < -0.39 is 4.92 Å². The second-order valence-corrected chi connectivity index (χ2v) is 4.60. The Morgan fingerprint density at radius 3 is 2.74 bits per heavy atom. The summed E-state index contributed by atoms with van der Waals surface area (Å²) in [6.45, 7) is 0. The van der Waals surface area contributed by atoms with Gasteiger partial charge >= 0.3 is 0 Å². The van der Waals surface area contributed by atoms with Gasteiger partial charge in [-0.2, -0.15) is 4.98 Å². The summed E-state index contributed by atoms with van der Waals surface area (Å²) >= 11 is 8.93. The van der Waals surface area contributed by atoms with Crippen LogP contribution in [0.5, 0.6) is 11.6 Å². The van der Waals surface area contributed by atoms with Crippen LogP contribution in [-0.4, -0.2) is 14.9 Å². The van der Waals surface area contributed by atoms with E-state index in [1.165, 1.54) is 24.3 Å². The van der Waals surface area contributed by atoms with E-state index in [9.17, 15) is 10.1 Å². The predicted molar refractivity (Wildman–Crippen MR) is 72.3 cm³/mol. The van der Waals surface area contributed by atoms with Crippen LogP contribution >= 0.6 is 27.5 Å². The zero-order valence-corrected chi connectivity index (χ0v) is 11.6. The Morgan fingerprint density at radius 1 is 1.37 bits per heavy atom. The number of nitrogens with two attached hydrogens (primary N) is 1. The number of nitrogen functional groups attached to an aromatic ring is 1. The van der Waals surface area contributed by atoms with Crippen LogP contribution in [0.15, 0.2) is 28.7 Å². The van der Waals surface area contributed by atoms with E-state index in [1.807, 2.05) is 0 Å². The maximum Gasteiger partial charge on any atom is 0.273 e. The van der Waals surface area contributed by atoms with E-state index in [4.69, 9.17) is 22.1 Å². The van der Waals surface area contributed by atoms with Crippen LogP contribution in [0.25, 0.3) is 0 Å². The molecule has 2 aromatic rings. The first kappa shape index (κ1) is 13.5. The molecule has 0 amide bonds. The number of aromatic nitrogens is 2. The van der Waals surface area contributed by atoms with Crippen LogP contribution in [-0.2, 0) is 0 Å². The number of ether oxygens (including phenoxy) is 1. The lowest BCUT2D eigenvalue weighted by Crippen LogP contribution is -1.98. The fraction of sp³-hybridized carbons (Fsp3) is 0. The molecule has 0 saturated carbocycles. The van der Waals surface area contributed by atoms with Crippen molar-refractivity contribution in [2.75, 3.05) is 5.73 Å². The second kappa shape index (κ2) is 5.37. The normalized spacial score (nSPS) is 10.2. The molecule has 7 nitrogen and oxygen atoms in total. The number of hydrogen-bond acceptors (Lipinski definition) is 6. The van der Waals surface area contributed by atoms with Gasteiger partial charge in [0, 0.05) is 12.1 Å². The molecule has 0 aliphatic heterocycles. The van der Waals surface area contributed by atoms with Crippen LogP contribution in [0.4, 0.5) is 11.6 Å². The van der Waals surface area contributed by atoms with E-state index in [0.717, 1.165) is 0 Å².